The van der Waals surface area contributed by atoms with Crippen LogP contribution in [0.25, 0.3) is 0 Å². The molecule has 1 atom stereocenters. The minimum Gasteiger partial charge on any atom is -0.374 e. The summed E-state index contributed by atoms with van der Waals surface area (Å²) in [6, 6.07) is 3.03. The maximum atomic E-state index is 13.7. The fraction of sp³-hybridized carbons (Fsp3) is 0.231. The van der Waals surface area contributed by atoms with Crippen molar-refractivity contribution < 1.29 is 9.31 Å². The van der Waals surface area contributed by atoms with Gasteiger partial charge in [0.25, 0.3) is 5.69 Å². The minimum absolute atomic E-state index is 0.0664. The molecule has 6 nitrogen and oxygen atoms in total. The molecule has 0 saturated carbocycles. The van der Waals surface area contributed by atoms with Crippen LogP contribution in [0.1, 0.15) is 24.4 Å². The van der Waals surface area contributed by atoms with Gasteiger partial charge in [-0.1, -0.05) is 0 Å². The largest absolute Gasteiger partial charge is 0.374 e. The molecule has 1 unspecified atom stereocenters. The highest BCUT2D eigenvalue weighted by Gasteiger charge is 2.15. The molecule has 0 aliphatic carbocycles. The number of non-ortho nitro benzene ring substituents is 1. The lowest BCUT2D eigenvalue weighted by atomic mass is 10.1. The van der Waals surface area contributed by atoms with Crippen molar-refractivity contribution in [2.24, 2.45) is 0 Å². The monoisotopic (exact) mass is 276 g/mol. The molecule has 0 fully saturated rings. The number of anilines is 1. The van der Waals surface area contributed by atoms with Crippen molar-refractivity contribution in [2.45, 2.75) is 19.9 Å². The van der Waals surface area contributed by atoms with Gasteiger partial charge in [0, 0.05) is 24.5 Å². The Morgan fingerprint density at radius 3 is 2.70 bits per heavy atom. The van der Waals surface area contributed by atoms with Crippen LogP contribution in [0, 0.1) is 22.9 Å². The summed E-state index contributed by atoms with van der Waals surface area (Å²) in [4.78, 5) is 18.4. The number of halogens is 1. The third-order valence-corrected chi connectivity index (χ3v) is 2.86. The Bertz CT molecular complexity index is 648. The van der Waals surface area contributed by atoms with Gasteiger partial charge in [-0.2, -0.15) is 0 Å². The molecule has 0 bridgehead atoms. The maximum absolute atomic E-state index is 13.7. The van der Waals surface area contributed by atoms with Crippen molar-refractivity contribution in [3.8, 4) is 0 Å². The number of nitrogens with zero attached hydrogens (tertiary/aromatic N) is 3. The van der Waals surface area contributed by atoms with Gasteiger partial charge in [-0.15, -0.1) is 0 Å². The predicted octanol–water partition coefficient (Wildman–Crippen LogP) is 3.01. The molecule has 0 radical (unpaired) electrons. The van der Waals surface area contributed by atoms with Crippen molar-refractivity contribution >= 4 is 11.4 Å². The highest BCUT2D eigenvalue weighted by Crippen LogP contribution is 2.25. The molecule has 1 aromatic carbocycles. The van der Waals surface area contributed by atoms with Crippen molar-refractivity contribution in [1.29, 1.82) is 0 Å². The molecule has 1 heterocycles. The van der Waals surface area contributed by atoms with Crippen molar-refractivity contribution in [3.05, 3.63) is 57.9 Å². The molecular weight excluding hydrogens is 263 g/mol. The molecular formula is C13H13FN4O2. The van der Waals surface area contributed by atoms with Crippen LogP contribution >= 0.6 is 0 Å². The third kappa shape index (κ3) is 2.87. The molecule has 0 aliphatic heterocycles. The van der Waals surface area contributed by atoms with Crippen LogP contribution in [0.5, 0.6) is 0 Å². The van der Waals surface area contributed by atoms with Crippen LogP contribution in [-0.4, -0.2) is 14.9 Å². The van der Waals surface area contributed by atoms with Crippen LogP contribution in [0.3, 0.4) is 0 Å². The van der Waals surface area contributed by atoms with E-state index in [1.807, 2.05) is 0 Å². The van der Waals surface area contributed by atoms with Gasteiger partial charge < -0.3 is 5.32 Å². The molecule has 1 aromatic heterocycles. The average Bonchev–Trinajstić information content (AvgIpc) is 2.41. The number of nitro groups is 1. The summed E-state index contributed by atoms with van der Waals surface area (Å²) in [5.41, 5.74) is 1.28. The Kier molecular flexibility index (Phi) is 3.88. The molecule has 2 rings (SSSR count). The standard InChI is InChI=1S/C13H13FN4O2/c1-8-13(16-6-5-15-8)9(2)17-12-7-10(18(19)20)3-4-11(12)14/h3-7,9,17H,1-2H3. The topological polar surface area (TPSA) is 81.0 Å². The van der Waals surface area contributed by atoms with Crippen LogP contribution < -0.4 is 5.32 Å². The first-order valence-corrected chi connectivity index (χ1v) is 5.97. The smallest absolute Gasteiger partial charge is 0.271 e. The third-order valence-electron chi connectivity index (χ3n) is 2.86. The summed E-state index contributed by atoms with van der Waals surface area (Å²) in [6.07, 6.45) is 3.11. The van der Waals surface area contributed by atoms with E-state index in [2.05, 4.69) is 15.3 Å². The lowest BCUT2D eigenvalue weighted by Crippen LogP contribution is -2.12. The first kappa shape index (κ1) is 13.9. The Morgan fingerprint density at radius 1 is 1.35 bits per heavy atom. The number of aryl methyl sites for hydroxylation is 1. The zero-order valence-corrected chi connectivity index (χ0v) is 11.0. The lowest BCUT2D eigenvalue weighted by Gasteiger charge is -2.16. The SMILES string of the molecule is Cc1nccnc1C(C)Nc1cc([N+](=O)[O-])ccc1F. The predicted molar refractivity (Wildman–Crippen MR) is 71.9 cm³/mol. The van der Waals surface area contributed by atoms with Gasteiger partial charge >= 0.3 is 0 Å². The van der Waals surface area contributed by atoms with Crippen LogP contribution in [0.15, 0.2) is 30.6 Å². The second kappa shape index (κ2) is 5.60. The average molecular weight is 276 g/mol. The summed E-state index contributed by atoms with van der Waals surface area (Å²) < 4.78 is 13.7. The van der Waals surface area contributed by atoms with Gasteiger partial charge in [-0.25, -0.2) is 4.39 Å². The summed E-state index contributed by atoms with van der Waals surface area (Å²) in [6.45, 7) is 3.58. The molecule has 0 amide bonds. The van der Waals surface area contributed by atoms with Gasteiger partial charge in [-0.05, 0) is 19.9 Å². The van der Waals surface area contributed by atoms with Gasteiger partial charge in [-0.3, -0.25) is 20.1 Å². The van der Waals surface area contributed by atoms with E-state index in [1.165, 1.54) is 0 Å². The van der Waals surface area contributed by atoms with E-state index in [4.69, 9.17) is 0 Å². The molecule has 2 aromatic rings. The number of aromatic nitrogens is 2. The quantitative estimate of drug-likeness (QED) is 0.685. The second-order valence-electron chi connectivity index (χ2n) is 4.31. The van der Waals surface area contributed by atoms with Gasteiger partial charge in [0.2, 0.25) is 0 Å². The molecule has 1 N–H and O–H groups in total. The molecule has 7 heteroatoms. The number of nitrogens with one attached hydrogen (secondary N) is 1. The fourth-order valence-electron chi connectivity index (χ4n) is 1.88. The summed E-state index contributed by atoms with van der Waals surface area (Å²) in [5, 5.41) is 13.6. The van der Waals surface area contributed by atoms with Crippen molar-refractivity contribution in [3.63, 3.8) is 0 Å². The summed E-state index contributed by atoms with van der Waals surface area (Å²) in [7, 11) is 0. The Balaban J connectivity index is 2.28. The number of benzene rings is 1. The molecule has 0 aliphatic rings. The number of hydrogen-bond donors (Lipinski definition) is 1. The van der Waals surface area contributed by atoms with Crippen LogP contribution in [-0.2, 0) is 0 Å². The fourth-order valence-corrected chi connectivity index (χ4v) is 1.88. The number of hydrogen-bond acceptors (Lipinski definition) is 5. The highest BCUT2D eigenvalue weighted by atomic mass is 19.1. The first-order chi connectivity index (χ1) is 9.49. The van der Waals surface area contributed by atoms with E-state index in [-0.39, 0.29) is 17.4 Å². The van der Waals surface area contributed by atoms with E-state index in [0.717, 1.165) is 23.9 Å². The van der Waals surface area contributed by atoms with E-state index in [9.17, 15) is 14.5 Å². The Labute approximate surface area is 114 Å². The molecule has 104 valence electrons. The Morgan fingerprint density at radius 2 is 2.05 bits per heavy atom. The number of nitro benzene ring substituents is 1. The molecule has 20 heavy (non-hydrogen) atoms. The highest BCUT2D eigenvalue weighted by molar-refractivity contribution is 5.53. The first-order valence-electron chi connectivity index (χ1n) is 5.97. The number of rotatable bonds is 4. The zero-order valence-electron chi connectivity index (χ0n) is 11.0. The van der Waals surface area contributed by atoms with Gasteiger partial charge in [0.15, 0.2) is 0 Å². The summed E-state index contributed by atoms with van der Waals surface area (Å²) in [5.74, 6) is -0.552. The zero-order chi connectivity index (χ0) is 14.7. The molecule has 0 spiro atoms. The summed E-state index contributed by atoms with van der Waals surface area (Å²) >= 11 is 0. The molecule has 0 saturated heterocycles. The van der Waals surface area contributed by atoms with E-state index < -0.39 is 10.7 Å². The maximum Gasteiger partial charge on any atom is 0.271 e. The van der Waals surface area contributed by atoms with Gasteiger partial charge in [0.1, 0.15) is 5.82 Å². The van der Waals surface area contributed by atoms with Crippen LogP contribution in [0.4, 0.5) is 15.8 Å². The van der Waals surface area contributed by atoms with Gasteiger partial charge in [0.05, 0.1) is 28.0 Å². The van der Waals surface area contributed by atoms with Crippen molar-refractivity contribution in [2.75, 3.05) is 5.32 Å². The Hall–Kier alpha value is -2.57. The van der Waals surface area contributed by atoms with Crippen LogP contribution in [0.2, 0.25) is 0 Å². The van der Waals surface area contributed by atoms with E-state index in [1.54, 1.807) is 26.2 Å². The lowest BCUT2D eigenvalue weighted by molar-refractivity contribution is -0.384. The van der Waals surface area contributed by atoms with E-state index in [0.29, 0.717) is 5.69 Å². The normalized spacial score (nSPS) is 11.9. The second-order valence-corrected chi connectivity index (χ2v) is 4.31. The van der Waals surface area contributed by atoms with E-state index >= 15 is 0 Å². The minimum atomic E-state index is -0.567. The van der Waals surface area contributed by atoms with Crippen molar-refractivity contribution in [1.82, 2.24) is 9.97 Å².